The van der Waals surface area contributed by atoms with Crippen LogP contribution in [0.2, 0.25) is 33.7 Å². The third-order valence-corrected chi connectivity index (χ3v) is 20.9. The van der Waals surface area contributed by atoms with Gasteiger partial charge in [0.1, 0.15) is 46.0 Å². The van der Waals surface area contributed by atoms with Gasteiger partial charge >= 0.3 is 14.1 Å². The summed E-state index contributed by atoms with van der Waals surface area (Å²) < 4.78 is 44.4. The summed E-state index contributed by atoms with van der Waals surface area (Å²) in [4.78, 5) is 62.0. The SMILES string of the molecule is CB(O)N1CCNCC1.COc1ccc2c(c1)OCC(=O)N2.COc1ccc2c(c1)OCC(=O)N2Cc1cc(Cl)cc(Br)c1.COc1ccc2c(c1)OCC(=O)N2Cc1cc(Cl)cc(N2CCN(B(C)O)CC2)c1.COc1ccc2c(c1)OCC(=O)N2Cc1cc(Cl)cc(N2CCNCC2)c1.Clc1cc(Br)cc(CBr)c1. The largest absolute Gasteiger partial charge is 0.497 e. The minimum atomic E-state index is -0.437. The monoisotopic (exact) mass is 1790 g/mol. The molecule has 0 spiro atoms. The van der Waals surface area contributed by atoms with Gasteiger partial charge in [-0.3, -0.25) is 19.2 Å². The molecule has 0 saturated carbocycles. The molecule has 0 bridgehead atoms. The third-order valence-electron chi connectivity index (χ3n) is 18.4. The first-order valence-electron chi connectivity index (χ1n) is 35.7. The van der Waals surface area contributed by atoms with Crippen molar-refractivity contribution in [3.63, 3.8) is 0 Å². The molecular weight excluding hydrogens is 1700 g/mol. The molecule has 8 aromatic carbocycles. The van der Waals surface area contributed by atoms with Gasteiger partial charge in [0.25, 0.3) is 23.6 Å². The molecule has 7 aliphatic rings. The highest BCUT2D eigenvalue weighted by molar-refractivity contribution is 9.10. The lowest BCUT2D eigenvalue weighted by Crippen LogP contribution is -2.51. The number of hydrogen-bond acceptors (Lipinski definition) is 20. The number of carbonyl (C=O) groups excluding carboxylic acids is 4. The van der Waals surface area contributed by atoms with Gasteiger partial charge in [-0.15, -0.1) is 0 Å². The van der Waals surface area contributed by atoms with E-state index >= 15 is 0 Å². The van der Waals surface area contributed by atoms with Crippen molar-refractivity contribution in [1.29, 1.82) is 0 Å². The number of methoxy groups -OCH3 is 4. The molecule has 0 unspecified atom stereocenters. The molecule has 111 heavy (non-hydrogen) atoms. The highest BCUT2D eigenvalue weighted by Gasteiger charge is 2.31. The predicted molar refractivity (Wildman–Crippen MR) is 451 cm³/mol. The number of hydrogen-bond donors (Lipinski definition) is 5. The van der Waals surface area contributed by atoms with E-state index in [2.05, 4.69) is 90.5 Å². The molecule has 4 amide bonds. The van der Waals surface area contributed by atoms with Crippen LogP contribution in [0.3, 0.4) is 0 Å². The van der Waals surface area contributed by atoms with Crippen molar-refractivity contribution in [1.82, 2.24) is 20.3 Å². The van der Waals surface area contributed by atoms with Gasteiger partial charge in [0, 0.05) is 149 Å². The Morgan fingerprint density at radius 2 is 0.757 bits per heavy atom. The van der Waals surface area contributed by atoms with Crippen molar-refractivity contribution in [2.45, 2.75) is 38.6 Å². The Kier molecular flexibility index (Phi) is 32.2. The minimum absolute atomic E-state index is 0.00507. The minimum Gasteiger partial charge on any atom is -0.497 e. The van der Waals surface area contributed by atoms with Gasteiger partial charge in [0.2, 0.25) is 0 Å². The maximum Gasteiger partial charge on any atom is 0.376 e. The Labute approximate surface area is 692 Å². The molecule has 15 rings (SSSR count). The fraction of sp³-hybridized carbons (Fsp3) is 0.333. The molecule has 7 heterocycles. The highest BCUT2D eigenvalue weighted by Crippen LogP contribution is 2.41. The number of amides is 4. The van der Waals surface area contributed by atoms with E-state index in [1.807, 2.05) is 109 Å². The van der Waals surface area contributed by atoms with Gasteiger partial charge in [-0.05, 0) is 157 Å². The second-order valence-electron chi connectivity index (χ2n) is 26.1. The highest BCUT2D eigenvalue weighted by atomic mass is 79.9. The van der Waals surface area contributed by atoms with E-state index in [0.29, 0.717) is 80.6 Å². The number of anilines is 6. The number of halogens is 7. The second kappa shape index (κ2) is 41.8. The Bertz CT molecular complexity index is 4490. The lowest BCUT2D eigenvalue weighted by molar-refractivity contribution is -0.122. The van der Waals surface area contributed by atoms with Crippen molar-refractivity contribution in [3.05, 3.63) is 197 Å². The van der Waals surface area contributed by atoms with Crippen molar-refractivity contribution in [2.75, 3.05) is 163 Å². The van der Waals surface area contributed by atoms with Crippen LogP contribution in [0, 0.1) is 0 Å². The molecule has 5 N–H and O–H groups in total. The van der Waals surface area contributed by atoms with Gasteiger partial charge in [-0.1, -0.05) is 94.2 Å². The first-order chi connectivity index (χ1) is 53.5. The lowest BCUT2D eigenvalue weighted by atomic mass is 9.84. The van der Waals surface area contributed by atoms with Crippen LogP contribution in [0.25, 0.3) is 0 Å². The van der Waals surface area contributed by atoms with Crippen molar-refractivity contribution >= 4 is 166 Å². The van der Waals surface area contributed by atoms with E-state index in [-0.39, 0.29) is 57.1 Å². The zero-order valence-electron chi connectivity index (χ0n) is 62.2. The van der Waals surface area contributed by atoms with Gasteiger partial charge in [0.15, 0.2) is 26.4 Å². The van der Waals surface area contributed by atoms with Crippen LogP contribution in [0.5, 0.6) is 46.0 Å². The summed E-state index contributed by atoms with van der Waals surface area (Å²) in [5.74, 6) is 4.98. The Balaban J connectivity index is 0.000000149. The second-order valence-corrected chi connectivity index (χ2v) is 30.3. The number of nitrogens with zero attached hydrogens (tertiary/aromatic N) is 7. The van der Waals surface area contributed by atoms with Crippen molar-refractivity contribution in [2.24, 2.45) is 0 Å². The summed E-state index contributed by atoms with van der Waals surface area (Å²) in [6.45, 7) is 15.9. The van der Waals surface area contributed by atoms with E-state index in [9.17, 15) is 24.2 Å². The van der Waals surface area contributed by atoms with E-state index < -0.39 is 7.05 Å². The van der Waals surface area contributed by atoms with Gasteiger partial charge in [-0.2, -0.15) is 0 Å². The molecule has 33 heteroatoms. The van der Waals surface area contributed by atoms with E-state index in [0.717, 1.165) is 149 Å². The van der Waals surface area contributed by atoms with Crippen LogP contribution in [-0.2, 0) is 44.1 Å². The molecule has 0 radical (unpaired) electrons. The van der Waals surface area contributed by atoms with Crippen molar-refractivity contribution < 1.29 is 67.1 Å². The summed E-state index contributed by atoms with van der Waals surface area (Å²) >= 11 is 34.8. The Morgan fingerprint density at radius 3 is 1.14 bits per heavy atom. The number of alkyl halides is 1. The number of carbonyl (C=O) groups is 4. The summed E-state index contributed by atoms with van der Waals surface area (Å²) in [6, 6.07) is 45.0. The summed E-state index contributed by atoms with van der Waals surface area (Å²) in [7, 11) is 5.68. The van der Waals surface area contributed by atoms with Crippen LogP contribution in [0.15, 0.2) is 155 Å². The Morgan fingerprint density at radius 1 is 0.414 bits per heavy atom. The third kappa shape index (κ3) is 24.6. The first kappa shape index (κ1) is 85.6. The van der Waals surface area contributed by atoms with Gasteiger partial charge in [0.05, 0.1) is 70.8 Å². The smallest absolute Gasteiger partial charge is 0.376 e. The quantitative estimate of drug-likeness (QED) is 0.0473. The van der Waals surface area contributed by atoms with Crippen LogP contribution in [0.1, 0.15) is 22.3 Å². The molecule has 0 aliphatic carbocycles. The van der Waals surface area contributed by atoms with Gasteiger partial charge < -0.3 is 98.0 Å². The van der Waals surface area contributed by atoms with Crippen LogP contribution < -0.4 is 78.3 Å². The number of nitrogens with one attached hydrogen (secondary N) is 3. The predicted octanol–water partition coefficient (Wildman–Crippen LogP) is 13.3. The van der Waals surface area contributed by atoms with E-state index in [4.69, 9.17) is 89.3 Å². The molecule has 588 valence electrons. The lowest BCUT2D eigenvalue weighted by Gasteiger charge is -2.37. The average molecular weight is 1790 g/mol. The zero-order chi connectivity index (χ0) is 79.3. The molecule has 0 aromatic heterocycles. The number of piperazine rings is 3. The molecule has 8 aromatic rings. The number of rotatable bonds is 15. The molecular formula is C78H87B2Br3Cl4N10O14. The molecule has 24 nitrogen and oxygen atoms in total. The van der Waals surface area contributed by atoms with E-state index in [1.165, 1.54) is 5.56 Å². The maximum atomic E-state index is 12.6. The normalized spacial score (nSPS) is 15.6. The maximum absolute atomic E-state index is 12.6. The van der Waals surface area contributed by atoms with Crippen LogP contribution in [-0.4, -0.2) is 191 Å². The topological polar surface area (TPSA) is 241 Å². The average Bonchev–Trinajstić information content (AvgIpc) is 0.800. The standard InChI is InChI=1S/C21H25BClN3O4.C20H22ClN3O3.C16H13BrClNO3.C9H9NO3.C7H5Br2Cl.C5H13BN2O/c1-22(28)25-7-5-24(6-8-25)17-10-15(9-16(23)11-17)13-26-19-4-3-18(29-2)12-20(19)30-14-21(26)27;1-26-17-2-3-18-19(11-17)27-13-20(25)24(18)12-14-8-15(21)10-16(9-14)23-6-4-22-5-7-23;1-21-13-2-3-14-15(7-13)22-9-16(20)19(14)8-10-4-11(17)6-12(18)5-10;1-12-6-2-3-7-8(4-6)13-5-9(11)10-7;8-4-5-1-6(9)3-7(10)2-5;1-6(9)8-4-2-7-3-5-8/h3-4,9-12,28H,5-8,13-14H2,1-2H3;2-3,8-11,22H,4-7,12-13H2,1H3;2-7H,8-9H2,1H3;2-4H,5H2,1H3,(H,10,11);1-3H,4H2;7,9H,2-5H2,1H3. The summed E-state index contributed by atoms with van der Waals surface area (Å²) in [6.07, 6.45) is 0. The summed E-state index contributed by atoms with van der Waals surface area (Å²) in [5.41, 5.74) is 9.07. The zero-order valence-corrected chi connectivity index (χ0v) is 70.0. The fourth-order valence-corrected chi connectivity index (χ4v) is 15.4. The molecule has 3 saturated heterocycles. The van der Waals surface area contributed by atoms with Gasteiger partial charge in [-0.25, -0.2) is 0 Å². The number of fused-ring (bicyclic) bond motifs is 4. The van der Waals surface area contributed by atoms with Crippen LogP contribution >= 0.6 is 94.2 Å². The fourth-order valence-electron chi connectivity index (χ4n) is 12.7. The summed E-state index contributed by atoms with van der Waals surface area (Å²) in [5, 5.41) is 31.7. The molecule has 0 atom stereocenters. The van der Waals surface area contributed by atoms with Crippen LogP contribution in [0.4, 0.5) is 34.1 Å². The van der Waals surface area contributed by atoms with E-state index in [1.54, 1.807) is 86.4 Å². The first-order valence-corrected chi connectivity index (χ1v) is 39.9. The number of benzene rings is 8. The number of ether oxygens (including phenoxy) is 8. The van der Waals surface area contributed by atoms with Crippen molar-refractivity contribution in [3.8, 4) is 46.0 Å². The molecule has 7 aliphatic heterocycles. The Hall–Kier alpha value is -7.87. The molecule has 3 fully saturated rings.